The molecule has 0 saturated carbocycles. The monoisotopic (exact) mass is 271 g/mol. The molecule has 0 aliphatic rings. The maximum absolute atomic E-state index is 13.2. The van der Waals surface area contributed by atoms with Crippen molar-refractivity contribution in [3.63, 3.8) is 0 Å². The number of nitrogens with one attached hydrogen (secondary N) is 1. The predicted molar refractivity (Wildman–Crippen MR) is 76.0 cm³/mol. The smallest absolute Gasteiger partial charge is 0.126 e. The van der Waals surface area contributed by atoms with Gasteiger partial charge in [0.2, 0.25) is 0 Å². The summed E-state index contributed by atoms with van der Waals surface area (Å²) in [5.41, 5.74) is 7.09. The average molecular weight is 271 g/mol. The lowest BCUT2D eigenvalue weighted by Gasteiger charge is -2.09. The molecule has 0 aliphatic heterocycles. The summed E-state index contributed by atoms with van der Waals surface area (Å²) in [7, 11) is 0. The summed E-state index contributed by atoms with van der Waals surface area (Å²) in [6.45, 7) is 0.918. The zero-order valence-corrected chi connectivity index (χ0v) is 10.8. The molecule has 0 fully saturated rings. The number of rotatable bonds is 5. The van der Waals surface area contributed by atoms with E-state index in [4.69, 9.17) is 15.7 Å². The van der Waals surface area contributed by atoms with Crippen LogP contribution in [-0.4, -0.2) is 13.2 Å². The fourth-order valence-electron chi connectivity index (χ4n) is 1.68. The first kappa shape index (κ1) is 13.7. The van der Waals surface area contributed by atoms with Crippen molar-refractivity contribution < 1.29 is 9.13 Å². The molecule has 0 radical (unpaired) electrons. The first-order chi connectivity index (χ1) is 9.67. The van der Waals surface area contributed by atoms with Crippen LogP contribution in [0.5, 0.6) is 5.75 Å². The van der Waals surface area contributed by atoms with E-state index in [9.17, 15) is 4.39 Å². The molecule has 0 aromatic heterocycles. The normalized spacial score (nSPS) is 9.80. The van der Waals surface area contributed by atoms with Crippen molar-refractivity contribution in [1.29, 1.82) is 5.26 Å². The lowest BCUT2D eigenvalue weighted by molar-refractivity contribution is 0.333. The zero-order chi connectivity index (χ0) is 14.4. The predicted octanol–water partition coefficient (Wildman–Crippen LogP) is 2.77. The highest BCUT2D eigenvalue weighted by atomic mass is 19.1. The van der Waals surface area contributed by atoms with Crippen LogP contribution in [0.1, 0.15) is 5.56 Å². The Labute approximate surface area is 116 Å². The third-order valence-corrected chi connectivity index (χ3v) is 2.61. The lowest BCUT2D eigenvalue weighted by Crippen LogP contribution is -2.11. The molecule has 3 N–H and O–H groups in total. The molecule has 0 spiro atoms. The van der Waals surface area contributed by atoms with Crippen LogP contribution in [0.4, 0.5) is 15.8 Å². The van der Waals surface area contributed by atoms with E-state index in [-0.39, 0.29) is 5.56 Å². The second-order valence-corrected chi connectivity index (χ2v) is 4.18. The van der Waals surface area contributed by atoms with Gasteiger partial charge in [0, 0.05) is 17.9 Å². The SMILES string of the molecule is N#Cc1cc(F)cc(NCCOc2ccc(N)cc2)c1. The number of nitrogens with two attached hydrogens (primary N) is 1. The van der Waals surface area contributed by atoms with E-state index in [1.807, 2.05) is 6.07 Å². The number of anilines is 2. The van der Waals surface area contributed by atoms with Crippen LogP contribution in [0.15, 0.2) is 42.5 Å². The molecule has 0 heterocycles. The van der Waals surface area contributed by atoms with E-state index in [1.165, 1.54) is 12.1 Å². The van der Waals surface area contributed by atoms with Crippen LogP contribution in [0.2, 0.25) is 0 Å². The highest BCUT2D eigenvalue weighted by Crippen LogP contribution is 2.14. The lowest BCUT2D eigenvalue weighted by atomic mass is 10.2. The maximum Gasteiger partial charge on any atom is 0.126 e. The summed E-state index contributed by atoms with van der Waals surface area (Å²) < 4.78 is 18.7. The molecule has 2 rings (SSSR count). The van der Waals surface area contributed by atoms with Gasteiger partial charge in [0.15, 0.2) is 0 Å². The van der Waals surface area contributed by atoms with E-state index in [0.29, 0.717) is 24.5 Å². The average Bonchev–Trinajstić information content (AvgIpc) is 2.45. The van der Waals surface area contributed by atoms with Crippen LogP contribution in [0.3, 0.4) is 0 Å². The van der Waals surface area contributed by atoms with E-state index >= 15 is 0 Å². The van der Waals surface area contributed by atoms with Crippen LogP contribution in [0, 0.1) is 17.1 Å². The van der Waals surface area contributed by atoms with Gasteiger partial charge in [-0.1, -0.05) is 0 Å². The number of hydrogen-bond acceptors (Lipinski definition) is 4. The van der Waals surface area contributed by atoms with Crippen LogP contribution in [-0.2, 0) is 0 Å². The first-order valence-corrected chi connectivity index (χ1v) is 6.10. The Morgan fingerprint density at radius 1 is 1.20 bits per heavy atom. The van der Waals surface area contributed by atoms with E-state index < -0.39 is 5.82 Å². The molecule has 0 saturated heterocycles. The summed E-state index contributed by atoms with van der Waals surface area (Å²) in [4.78, 5) is 0. The minimum Gasteiger partial charge on any atom is -0.492 e. The van der Waals surface area contributed by atoms with Gasteiger partial charge in [0.1, 0.15) is 18.2 Å². The third kappa shape index (κ3) is 3.89. The van der Waals surface area contributed by atoms with Gasteiger partial charge >= 0.3 is 0 Å². The highest BCUT2D eigenvalue weighted by molar-refractivity contribution is 5.49. The molecule has 2 aromatic rings. The van der Waals surface area contributed by atoms with Crippen molar-refractivity contribution in [3.05, 3.63) is 53.8 Å². The maximum atomic E-state index is 13.2. The summed E-state index contributed by atoms with van der Waals surface area (Å²) in [6, 6.07) is 13.1. The first-order valence-electron chi connectivity index (χ1n) is 6.10. The summed E-state index contributed by atoms with van der Waals surface area (Å²) in [6.07, 6.45) is 0. The van der Waals surface area contributed by atoms with Gasteiger partial charge in [-0.15, -0.1) is 0 Å². The van der Waals surface area contributed by atoms with Gasteiger partial charge in [0.25, 0.3) is 0 Å². The number of nitrogen functional groups attached to an aromatic ring is 1. The summed E-state index contributed by atoms with van der Waals surface area (Å²) in [5.74, 6) is 0.281. The van der Waals surface area contributed by atoms with Crippen molar-refractivity contribution in [2.24, 2.45) is 0 Å². The van der Waals surface area contributed by atoms with Crippen LogP contribution < -0.4 is 15.8 Å². The Kier molecular flexibility index (Phi) is 4.40. The number of ether oxygens (including phenoxy) is 1. The highest BCUT2D eigenvalue weighted by Gasteiger charge is 2.00. The van der Waals surface area contributed by atoms with E-state index in [1.54, 1.807) is 30.3 Å². The summed E-state index contributed by atoms with van der Waals surface area (Å²) in [5, 5.41) is 11.8. The number of nitriles is 1. The molecule has 0 amide bonds. The number of halogens is 1. The molecular formula is C15H14FN3O. The minimum atomic E-state index is -0.439. The molecular weight excluding hydrogens is 257 g/mol. The van der Waals surface area contributed by atoms with Crippen LogP contribution in [0.25, 0.3) is 0 Å². The molecule has 0 aliphatic carbocycles. The third-order valence-electron chi connectivity index (χ3n) is 2.61. The Morgan fingerprint density at radius 2 is 1.95 bits per heavy atom. The molecule has 0 atom stereocenters. The Balaban J connectivity index is 1.83. The second-order valence-electron chi connectivity index (χ2n) is 4.18. The van der Waals surface area contributed by atoms with Gasteiger partial charge in [-0.25, -0.2) is 4.39 Å². The van der Waals surface area contributed by atoms with Crippen LogP contribution >= 0.6 is 0 Å². The van der Waals surface area contributed by atoms with E-state index in [0.717, 1.165) is 5.75 Å². The largest absolute Gasteiger partial charge is 0.492 e. The molecule has 0 bridgehead atoms. The Hall–Kier alpha value is -2.74. The number of nitrogens with zero attached hydrogens (tertiary/aromatic N) is 1. The molecule has 20 heavy (non-hydrogen) atoms. The van der Waals surface area contributed by atoms with Crippen molar-refractivity contribution in [3.8, 4) is 11.8 Å². The molecule has 5 heteroatoms. The van der Waals surface area contributed by atoms with Crippen molar-refractivity contribution in [1.82, 2.24) is 0 Å². The van der Waals surface area contributed by atoms with E-state index in [2.05, 4.69) is 5.32 Å². The van der Waals surface area contributed by atoms with Crippen molar-refractivity contribution in [2.75, 3.05) is 24.2 Å². The standard InChI is InChI=1S/C15H14FN3O/c16-12-7-11(10-17)8-14(9-12)19-5-6-20-15-3-1-13(18)2-4-15/h1-4,7-9,19H,5-6,18H2. The zero-order valence-electron chi connectivity index (χ0n) is 10.8. The fourth-order valence-corrected chi connectivity index (χ4v) is 1.68. The number of hydrogen-bond donors (Lipinski definition) is 2. The molecule has 2 aromatic carbocycles. The number of benzene rings is 2. The van der Waals surface area contributed by atoms with Gasteiger partial charge in [-0.2, -0.15) is 5.26 Å². The molecule has 0 unspecified atom stereocenters. The Bertz CT molecular complexity index is 620. The fraction of sp³-hybridized carbons (Fsp3) is 0.133. The van der Waals surface area contributed by atoms with Gasteiger partial charge < -0.3 is 15.8 Å². The molecule has 4 nitrogen and oxygen atoms in total. The van der Waals surface area contributed by atoms with Gasteiger partial charge in [-0.05, 0) is 42.5 Å². The minimum absolute atomic E-state index is 0.284. The quantitative estimate of drug-likeness (QED) is 0.648. The van der Waals surface area contributed by atoms with Gasteiger partial charge in [-0.3, -0.25) is 0 Å². The second kappa shape index (κ2) is 6.43. The summed E-state index contributed by atoms with van der Waals surface area (Å²) >= 11 is 0. The van der Waals surface area contributed by atoms with Crippen molar-refractivity contribution in [2.45, 2.75) is 0 Å². The Morgan fingerprint density at radius 3 is 2.65 bits per heavy atom. The topological polar surface area (TPSA) is 71.1 Å². The van der Waals surface area contributed by atoms with Crippen molar-refractivity contribution >= 4 is 11.4 Å². The molecule has 102 valence electrons. The van der Waals surface area contributed by atoms with Gasteiger partial charge in [0.05, 0.1) is 11.6 Å².